The lowest BCUT2D eigenvalue weighted by molar-refractivity contribution is 0.323. The zero-order valence-electron chi connectivity index (χ0n) is 29.5. The second-order valence-corrected chi connectivity index (χ2v) is 10.8. The molecule has 0 aliphatic carbocycles. The van der Waals surface area contributed by atoms with Gasteiger partial charge in [0.15, 0.2) is 23.0 Å². The van der Waals surface area contributed by atoms with Gasteiger partial charge in [0.25, 0.3) is 0 Å². The predicted molar refractivity (Wildman–Crippen MR) is 185 cm³/mol. The van der Waals surface area contributed by atoms with Gasteiger partial charge in [0.1, 0.15) is 23.0 Å². The molecule has 48 heavy (non-hydrogen) atoms. The van der Waals surface area contributed by atoms with Crippen molar-refractivity contribution in [2.45, 2.75) is 25.7 Å². The monoisotopic (exact) mass is 662 g/mol. The molecule has 0 aliphatic heterocycles. The smallest absolute Gasteiger partial charge is 0.203 e. The van der Waals surface area contributed by atoms with Crippen molar-refractivity contribution >= 4 is 0 Å². The van der Waals surface area contributed by atoms with Crippen LogP contribution in [0.5, 0.6) is 57.5 Å². The minimum Gasteiger partial charge on any atom is -0.496 e. The van der Waals surface area contributed by atoms with Gasteiger partial charge in [0.05, 0.1) is 71.1 Å². The van der Waals surface area contributed by atoms with Crippen LogP contribution in [0, 0.1) is 0 Å². The van der Waals surface area contributed by atoms with E-state index in [9.17, 15) is 0 Å². The Morgan fingerprint density at radius 1 is 0.292 bits per heavy atom. The van der Waals surface area contributed by atoms with Gasteiger partial charge in [0.2, 0.25) is 11.5 Å². The number of rotatable bonds is 17. The third-order valence-electron chi connectivity index (χ3n) is 8.31. The number of ether oxygens (including phenoxy) is 10. The molecule has 0 atom stereocenters. The summed E-state index contributed by atoms with van der Waals surface area (Å²) in [5.41, 5.74) is 5.67. The zero-order valence-corrected chi connectivity index (χ0v) is 29.5. The second kappa shape index (κ2) is 16.6. The summed E-state index contributed by atoms with van der Waals surface area (Å²) in [7, 11) is 16.3. The van der Waals surface area contributed by atoms with Crippen LogP contribution in [0.25, 0.3) is 11.1 Å². The van der Waals surface area contributed by atoms with Crippen LogP contribution < -0.4 is 47.4 Å². The van der Waals surface area contributed by atoms with Gasteiger partial charge in [-0.05, 0) is 96.5 Å². The quantitative estimate of drug-likeness (QED) is 0.118. The highest BCUT2D eigenvalue weighted by molar-refractivity contribution is 5.80. The van der Waals surface area contributed by atoms with Gasteiger partial charge in [-0.15, -0.1) is 0 Å². The highest BCUT2D eigenvalue weighted by Crippen LogP contribution is 2.45. The summed E-state index contributed by atoms with van der Waals surface area (Å²) < 4.78 is 56.8. The molecule has 0 bridgehead atoms. The van der Waals surface area contributed by atoms with E-state index in [1.165, 1.54) is 0 Å². The van der Waals surface area contributed by atoms with E-state index < -0.39 is 0 Å². The maximum absolute atomic E-state index is 5.92. The van der Waals surface area contributed by atoms with Crippen LogP contribution in [0.3, 0.4) is 0 Å². The third kappa shape index (κ3) is 7.54. The van der Waals surface area contributed by atoms with E-state index in [1.807, 2.05) is 48.5 Å². The van der Waals surface area contributed by atoms with Crippen LogP contribution in [0.4, 0.5) is 0 Å². The summed E-state index contributed by atoms with van der Waals surface area (Å²) in [5.74, 6) is 6.38. The Balaban J connectivity index is 1.66. The summed E-state index contributed by atoms with van der Waals surface area (Å²) in [6, 6.07) is 15.8. The van der Waals surface area contributed by atoms with Gasteiger partial charge < -0.3 is 47.4 Å². The fraction of sp³-hybridized carbons (Fsp3) is 0.368. The Morgan fingerprint density at radius 3 is 0.833 bits per heavy atom. The lowest BCUT2D eigenvalue weighted by atomic mass is 9.95. The predicted octanol–water partition coefficient (Wildman–Crippen LogP) is 7.01. The van der Waals surface area contributed by atoms with Crippen LogP contribution in [0.1, 0.15) is 22.3 Å². The van der Waals surface area contributed by atoms with E-state index in [1.54, 1.807) is 71.1 Å². The van der Waals surface area contributed by atoms with Gasteiger partial charge in [-0.2, -0.15) is 0 Å². The minimum atomic E-state index is 0.559. The van der Waals surface area contributed by atoms with Crippen molar-refractivity contribution in [3.05, 3.63) is 70.8 Å². The van der Waals surface area contributed by atoms with Gasteiger partial charge in [-0.1, -0.05) is 0 Å². The highest BCUT2D eigenvalue weighted by Gasteiger charge is 2.21. The summed E-state index contributed by atoms with van der Waals surface area (Å²) in [4.78, 5) is 0. The van der Waals surface area contributed by atoms with Crippen molar-refractivity contribution in [3.63, 3.8) is 0 Å². The van der Waals surface area contributed by atoms with E-state index in [0.29, 0.717) is 71.7 Å². The average Bonchev–Trinajstić information content (AvgIpc) is 3.14. The van der Waals surface area contributed by atoms with Crippen molar-refractivity contribution in [2.24, 2.45) is 0 Å². The van der Waals surface area contributed by atoms with Crippen LogP contribution >= 0.6 is 0 Å². The molecular formula is C38H46O10. The zero-order chi connectivity index (χ0) is 34.8. The Labute approximate surface area is 283 Å². The van der Waals surface area contributed by atoms with E-state index in [2.05, 4.69) is 0 Å². The molecule has 0 fully saturated rings. The number of hydrogen-bond donors (Lipinski definition) is 0. The molecule has 0 N–H and O–H groups in total. The van der Waals surface area contributed by atoms with E-state index in [0.717, 1.165) is 44.9 Å². The second-order valence-electron chi connectivity index (χ2n) is 10.8. The first-order valence-corrected chi connectivity index (χ1v) is 15.4. The number of methoxy groups -OCH3 is 10. The molecule has 10 nitrogen and oxygen atoms in total. The summed E-state index contributed by atoms with van der Waals surface area (Å²) >= 11 is 0. The third-order valence-corrected chi connectivity index (χ3v) is 8.31. The topological polar surface area (TPSA) is 92.3 Å². The van der Waals surface area contributed by atoms with Crippen LogP contribution in [0.2, 0.25) is 0 Å². The van der Waals surface area contributed by atoms with E-state index >= 15 is 0 Å². The molecule has 0 aliphatic rings. The van der Waals surface area contributed by atoms with Crippen LogP contribution in [-0.4, -0.2) is 71.1 Å². The molecule has 4 aromatic rings. The maximum Gasteiger partial charge on any atom is 0.203 e. The summed E-state index contributed by atoms with van der Waals surface area (Å²) in [6.45, 7) is 0. The molecule has 0 radical (unpaired) electrons. The molecule has 10 heteroatoms. The van der Waals surface area contributed by atoms with Crippen molar-refractivity contribution < 1.29 is 47.4 Å². The Hall–Kier alpha value is -5.12. The standard InChI is InChI=1S/C38H46O10/c1-39-29-21-27(31(41-3)19-25(29)13-11-23-15-33(43-5)37(47-9)34(16-23)44-6)28-22-30(40-2)26(20-32(28)42-4)14-12-24-17-35(45-7)38(48-10)36(18-24)46-8/h15-22H,11-14H2,1-10H3. The number of aryl methyl sites for hydroxylation is 4. The first-order valence-electron chi connectivity index (χ1n) is 15.4. The van der Waals surface area contributed by atoms with E-state index in [-0.39, 0.29) is 0 Å². The highest BCUT2D eigenvalue weighted by atomic mass is 16.5. The van der Waals surface area contributed by atoms with Crippen LogP contribution in [0.15, 0.2) is 48.5 Å². The molecule has 0 unspecified atom stereocenters. The first kappa shape index (κ1) is 35.7. The molecule has 0 heterocycles. The van der Waals surface area contributed by atoms with Gasteiger partial charge >= 0.3 is 0 Å². The Kier molecular flexibility index (Phi) is 12.4. The van der Waals surface area contributed by atoms with Gasteiger partial charge in [0, 0.05) is 11.1 Å². The molecule has 0 saturated heterocycles. The molecule has 4 aromatic carbocycles. The first-order chi connectivity index (χ1) is 23.3. The lowest BCUT2D eigenvalue weighted by Crippen LogP contribution is -2.02. The maximum atomic E-state index is 5.92. The molecular weight excluding hydrogens is 616 g/mol. The van der Waals surface area contributed by atoms with Crippen molar-refractivity contribution in [1.29, 1.82) is 0 Å². The minimum absolute atomic E-state index is 0.559. The molecule has 258 valence electrons. The molecule has 0 aromatic heterocycles. The number of hydrogen-bond acceptors (Lipinski definition) is 10. The fourth-order valence-electron chi connectivity index (χ4n) is 5.85. The van der Waals surface area contributed by atoms with Crippen molar-refractivity contribution in [3.8, 4) is 68.6 Å². The largest absolute Gasteiger partial charge is 0.496 e. The van der Waals surface area contributed by atoms with Crippen LogP contribution in [-0.2, 0) is 25.7 Å². The molecule has 4 rings (SSSR count). The van der Waals surface area contributed by atoms with E-state index in [4.69, 9.17) is 47.4 Å². The SMILES string of the molecule is COc1cc(-c2cc(OC)c(CCc3cc(OC)c(OC)c(OC)c3)cc2OC)c(OC)cc1CCc1cc(OC)c(OC)c(OC)c1. The molecule has 0 saturated carbocycles. The fourth-order valence-corrected chi connectivity index (χ4v) is 5.85. The summed E-state index contributed by atoms with van der Waals surface area (Å²) in [6.07, 6.45) is 2.76. The average molecular weight is 663 g/mol. The Morgan fingerprint density at radius 2 is 0.583 bits per heavy atom. The summed E-state index contributed by atoms with van der Waals surface area (Å²) in [5, 5.41) is 0. The molecule has 0 amide bonds. The van der Waals surface area contributed by atoms with Crippen molar-refractivity contribution in [2.75, 3.05) is 71.1 Å². The normalized spacial score (nSPS) is 10.6. The Bertz CT molecular complexity index is 1520. The van der Waals surface area contributed by atoms with Gasteiger partial charge in [-0.3, -0.25) is 0 Å². The van der Waals surface area contributed by atoms with Crippen molar-refractivity contribution in [1.82, 2.24) is 0 Å². The lowest BCUT2D eigenvalue weighted by Gasteiger charge is -2.19. The molecule has 0 spiro atoms. The number of benzene rings is 4. The van der Waals surface area contributed by atoms with Gasteiger partial charge in [-0.25, -0.2) is 0 Å².